The Morgan fingerprint density at radius 2 is 2.24 bits per heavy atom. The van der Waals surface area contributed by atoms with Crippen LogP contribution in [0.15, 0.2) is 5.11 Å². The Labute approximate surface area is 101 Å². The van der Waals surface area contributed by atoms with Gasteiger partial charge < -0.3 is 9.64 Å². The summed E-state index contributed by atoms with van der Waals surface area (Å²) in [4.78, 5) is 16.2. The Morgan fingerprint density at radius 3 is 2.94 bits per heavy atom. The predicted octanol–water partition coefficient (Wildman–Crippen LogP) is 1.86. The van der Waals surface area contributed by atoms with Gasteiger partial charge in [-0.25, -0.2) is 0 Å². The molecule has 0 N–H and O–H groups in total. The highest BCUT2D eigenvalue weighted by molar-refractivity contribution is 5.78. The Hall–Kier alpha value is -1.26. The molecule has 1 atom stereocenters. The van der Waals surface area contributed by atoms with Gasteiger partial charge in [0.05, 0.1) is 5.60 Å². The molecule has 2 saturated heterocycles. The number of piperidine rings is 1. The molecule has 94 valence electrons. The van der Waals surface area contributed by atoms with Crippen molar-refractivity contribution in [2.24, 2.45) is 5.11 Å². The van der Waals surface area contributed by atoms with Gasteiger partial charge in [0.15, 0.2) is 0 Å². The molecule has 6 nitrogen and oxygen atoms in total. The van der Waals surface area contributed by atoms with Crippen molar-refractivity contribution in [3.05, 3.63) is 10.4 Å². The molecule has 17 heavy (non-hydrogen) atoms. The van der Waals surface area contributed by atoms with Crippen LogP contribution < -0.4 is 0 Å². The summed E-state index contributed by atoms with van der Waals surface area (Å²) in [5.74, 6) is -0.0870. The highest BCUT2D eigenvalue weighted by Crippen LogP contribution is 2.33. The van der Waals surface area contributed by atoms with Crippen LogP contribution in [-0.2, 0) is 9.53 Å². The zero-order valence-electron chi connectivity index (χ0n) is 9.97. The number of amides is 1. The van der Waals surface area contributed by atoms with Crippen LogP contribution in [0.4, 0.5) is 0 Å². The van der Waals surface area contributed by atoms with E-state index in [1.54, 1.807) is 4.90 Å². The van der Waals surface area contributed by atoms with Gasteiger partial charge in [-0.05, 0) is 37.6 Å². The van der Waals surface area contributed by atoms with E-state index in [0.717, 1.165) is 38.8 Å². The van der Waals surface area contributed by atoms with Crippen LogP contribution in [0.3, 0.4) is 0 Å². The molecular weight excluding hydrogens is 220 g/mol. The van der Waals surface area contributed by atoms with Crippen LogP contribution in [0, 0.1) is 0 Å². The molecular formula is C11H18N4O2. The average molecular weight is 238 g/mol. The molecule has 6 heteroatoms. The summed E-state index contributed by atoms with van der Waals surface area (Å²) < 4.78 is 5.89. The first-order chi connectivity index (χ1) is 8.26. The molecule has 2 aliphatic heterocycles. The fourth-order valence-corrected chi connectivity index (χ4v) is 2.73. The minimum Gasteiger partial charge on any atom is -0.373 e. The Kier molecular flexibility index (Phi) is 3.86. The summed E-state index contributed by atoms with van der Waals surface area (Å²) in [6.07, 6.45) is 5.35. The van der Waals surface area contributed by atoms with Crippen LogP contribution >= 0.6 is 0 Å². The normalized spacial score (nSPS) is 28.8. The lowest BCUT2D eigenvalue weighted by Gasteiger charge is -2.44. The van der Waals surface area contributed by atoms with Gasteiger partial charge in [0.1, 0.15) is 6.54 Å². The van der Waals surface area contributed by atoms with Crippen LogP contribution in [-0.4, -0.2) is 42.6 Å². The number of ether oxygens (including phenoxy) is 1. The molecule has 2 aliphatic rings. The Balaban J connectivity index is 1.96. The van der Waals surface area contributed by atoms with Gasteiger partial charge in [0, 0.05) is 24.6 Å². The number of carbonyl (C=O) groups excluding carboxylic acids is 1. The second-order valence-electron chi connectivity index (χ2n) is 4.80. The Bertz CT molecular complexity index is 327. The maximum Gasteiger partial charge on any atom is 0.228 e. The third-order valence-electron chi connectivity index (χ3n) is 3.60. The summed E-state index contributed by atoms with van der Waals surface area (Å²) in [6.45, 7) is 2.14. The van der Waals surface area contributed by atoms with E-state index in [1.807, 2.05) is 0 Å². The van der Waals surface area contributed by atoms with E-state index in [4.69, 9.17) is 10.3 Å². The van der Waals surface area contributed by atoms with Crippen LogP contribution in [0.5, 0.6) is 0 Å². The summed E-state index contributed by atoms with van der Waals surface area (Å²) in [6, 6.07) is 0. The lowest BCUT2D eigenvalue weighted by atomic mass is 9.86. The molecule has 2 rings (SSSR count). The average Bonchev–Trinajstić information content (AvgIpc) is 2.37. The first kappa shape index (κ1) is 12.2. The van der Waals surface area contributed by atoms with Crippen molar-refractivity contribution in [2.45, 2.75) is 37.7 Å². The standard InChI is InChI=1S/C11H18N4O2/c12-14-13-8-10(16)15-6-3-5-11(9-15)4-1-2-7-17-11/h1-9H2. The smallest absolute Gasteiger partial charge is 0.228 e. The summed E-state index contributed by atoms with van der Waals surface area (Å²) >= 11 is 0. The molecule has 0 bridgehead atoms. The van der Waals surface area contributed by atoms with E-state index in [1.165, 1.54) is 6.42 Å². The minimum atomic E-state index is -0.123. The van der Waals surface area contributed by atoms with Gasteiger partial charge in [-0.1, -0.05) is 5.11 Å². The van der Waals surface area contributed by atoms with Crippen LogP contribution in [0.1, 0.15) is 32.1 Å². The summed E-state index contributed by atoms with van der Waals surface area (Å²) in [7, 11) is 0. The fraction of sp³-hybridized carbons (Fsp3) is 0.909. The van der Waals surface area contributed by atoms with Crippen molar-refractivity contribution in [3.8, 4) is 0 Å². The van der Waals surface area contributed by atoms with Gasteiger partial charge in [-0.15, -0.1) is 0 Å². The van der Waals surface area contributed by atoms with E-state index >= 15 is 0 Å². The van der Waals surface area contributed by atoms with Gasteiger partial charge >= 0.3 is 0 Å². The minimum absolute atomic E-state index is 0.0768. The molecule has 0 aromatic heterocycles. The van der Waals surface area contributed by atoms with Crippen LogP contribution in [0.2, 0.25) is 0 Å². The second kappa shape index (κ2) is 5.38. The van der Waals surface area contributed by atoms with Gasteiger partial charge in [-0.2, -0.15) is 0 Å². The molecule has 0 radical (unpaired) electrons. The second-order valence-corrected chi connectivity index (χ2v) is 4.80. The van der Waals surface area contributed by atoms with Crippen molar-refractivity contribution in [2.75, 3.05) is 26.2 Å². The first-order valence-electron chi connectivity index (χ1n) is 6.18. The number of hydrogen-bond acceptors (Lipinski definition) is 3. The highest BCUT2D eigenvalue weighted by Gasteiger charge is 2.38. The molecule has 1 unspecified atom stereocenters. The third kappa shape index (κ3) is 2.90. The lowest BCUT2D eigenvalue weighted by molar-refractivity contribution is -0.147. The fourth-order valence-electron chi connectivity index (χ4n) is 2.73. The zero-order valence-corrected chi connectivity index (χ0v) is 9.97. The largest absolute Gasteiger partial charge is 0.373 e. The van der Waals surface area contributed by atoms with Gasteiger partial charge in [0.2, 0.25) is 5.91 Å². The zero-order chi connectivity index (χ0) is 12.1. The molecule has 0 aliphatic carbocycles. The van der Waals surface area contributed by atoms with E-state index in [9.17, 15) is 4.79 Å². The molecule has 0 aromatic rings. The maximum absolute atomic E-state index is 11.8. The monoisotopic (exact) mass is 238 g/mol. The van der Waals surface area contributed by atoms with Crippen molar-refractivity contribution in [1.29, 1.82) is 0 Å². The topological polar surface area (TPSA) is 78.3 Å². The Morgan fingerprint density at radius 1 is 1.41 bits per heavy atom. The number of rotatable bonds is 2. The maximum atomic E-state index is 11.8. The molecule has 2 fully saturated rings. The van der Waals surface area contributed by atoms with E-state index in [2.05, 4.69) is 10.0 Å². The lowest BCUT2D eigenvalue weighted by Crippen LogP contribution is -2.53. The van der Waals surface area contributed by atoms with E-state index < -0.39 is 0 Å². The SMILES string of the molecule is [N-]=[N+]=NCC(=O)N1CCCC2(CCCCO2)C1. The van der Waals surface area contributed by atoms with E-state index in [0.29, 0.717) is 6.54 Å². The number of azide groups is 1. The van der Waals surface area contributed by atoms with Gasteiger partial charge in [0.25, 0.3) is 0 Å². The molecule has 1 spiro atoms. The molecule has 0 saturated carbocycles. The molecule has 0 aromatic carbocycles. The van der Waals surface area contributed by atoms with Gasteiger partial charge in [-0.3, -0.25) is 4.79 Å². The number of likely N-dealkylation sites (tertiary alicyclic amines) is 1. The third-order valence-corrected chi connectivity index (χ3v) is 3.60. The first-order valence-corrected chi connectivity index (χ1v) is 6.18. The van der Waals surface area contributed by atoms with E-state index in [-0.39, 0.29) is 18.1 Å². The molecule has 1 amide bonds. The quantitative estimate of drug-likeness (QED) is 0.418. The predicted molar refractivity (Wildman–Crippen MR) is 62.4 cm³/mol. The number of nitrogens with zero attached hydrogens (tertiary/aromatic N) is 4. The van der Waals surface area contributed by atoms with Crippen molar-refractivity contribution >= 4 is 5.91 Å². The summed E-state index contributed by atoms with van der Waals surface area (Å²) in [5.41, 5.74) is 8.10. The molecule has 2 heterocycles. The van der Waals surface area contributed by atoms with Crippen LogP contribution in [0.25, 0.3) is 10.4 Å². The highest BCUT2D eigenvalue weighted by atomic mass is 16.5. The number of carbonyl (C=O) groups is 1. The van der Waals surface area contributed by atoms with Crippen molar-refractivity contribution in [1.82, 2.24) is 4.90 Å². The number of hydrogen-bond donors (Lipinski definition) is 0. The van der Waals surface area contributed by atoms with Crippen molar-refractivity contribution in [3.63, 3.8) is 0 Å². The van der Waals surface area contributed by atoms with Crippen molar-refractivity contribution < 1.29 is 9.53 Å². The summed E-state index contributed by atoms with van der Waals surface area (Å²) in [5, 5.41) is 3.33.